The predicted molar refractivity (Wildman–Crippen MR) is 99.7 cm³/mol. The van der Waals surface area contributed by atoms with Crippen LogP contribution < -0.4 is 15.0 Å². The van der Waals surface area contributed by atoms with Crippen molar-refractivity contribution in [3.8, 4) is 11.5 Å². The lowest BCUT2D eigenvalue weighted by Gasteiger charge is -2.35. The summed E-state index contributed by atoms with van der Waals surface area (Å²) in [7, 11) is 3.02. The Kier molecular flexibility index (Phi) is 7.39. The van der Waals surface area contributed by atoms with E-state index in [0.717, 1.165) is 5.56 Å². The van der Waals surface area contributed by atoms with Crippen LogP contribution in [-0.4, -0.2) is 43.7 Å². The van der Waals surface area contributed by atoms with Crippen LogP contribution in [0.2, 0.25) is 0 Å². The SMILES string of the molecule is CCOC(=O)C1(CCCCC(=O)NO)CCc2cc(OC)c(OC)cc2C1=O. The molecule has 0 aromatic heterocycles. The quantitative estimate of drug-likeness (QED) is 0.218. The average Bonchev–Trinajstić information content (AvgIpc) is 2.71. The highest BCUT2D eigenvalue weighted by atomic mass is 16.5. The summed E-state index contributed by atoms with van der Waals surface area (Å²) >= 11 is 0. The van der Waals surface area contributed by atoms with Gasteiger partial charge in [0.05, 0.1) is 20.8 Å². The van der Waals surface area contributed by atoms with Gasteiger partial charge in [-0.3, -0.25) is 19.6 Å². The Morgan fingerprint density at radius 3 is 2.46 bits per heavy atom. The van der Waals surface area contributed by atoms with Gasteiger partial charge in [0.25, 0.3) is 0 Å². The molecule has 154 valence electrons. The molecule has 0 saturated heterocycles. The number of methoxy groups -OCH3 is 2. The molecule has 2 rings (SSSR count). The smallest absolute Gasteiger partial charge is 0.320 e. The molecule has 0 fully saturated rings. The monoisotopic (exact) mass is 393 g/mol. The standard InChI is InChI=1S/C20H27NO7/c1-4-28-19(24)20(9-6-5-7-17(22)21-25)10-8-13-11-15(26-2)16(27-3)12-14(13)18(20)23/h11-12,25H,4-10H2,1-3H3,(H,21,22). The van der Waals surface area contributed by atoms with Crippen molar-refractivity contribution in [3.63, 3.8) is 0 Å². The van der Waals surface area contributed by atoms with Crippen molar-refractivity contribution in [2.24, 2.45) is 5.41 Å². The topological polar surface area (TPSA) is 111 Å². The fourth-order valence-electron chi connectivity index (χ4n) is 3.63. The number of hydroxylamine groups is 1. The Hall–Kier alpha value is -2.61. The van der Waals surface area contributed by atoms with Gasteiger partial charge in [0.2, 0.25) is 5.91 Å². The number of hydrogen-bond donors (Lipinski definition) is 2. The van der Waals surface area contributed by atoms with E-state index in [9.17, 15) is 14.4 Å². The van der Waals surface area contributed by atoms with Gasteiger partial charge in [-0.1, -0.05) is 6.42 Å². The lowest BCUT2D eigenvalue weighted by Crippen LogP contribution is -2.44. The first-order valence-corrected chi connectivity index (χ1v) is 9.33. The van der Waals surface area contributed by atoms with Gasteiger partial charge < -0.3 is 14.2 Å². The zero-order valence-corrected chi connectivity index (χ0v) is 16.5. The van der Waals surface area contributed by atoms with Gasteiger partial charge in [-0.2, -0.15) is 0 Å². The molecule has 1 unspecified atom stereocenters. The molecule has 0 radical (unpaired) electrons. The first kappa shape index (κ1) is 21.7. The van der Waals surface area contributed by atoms with E-state index in [1.54, 1.807) is 24.5 Å². The Morgan fingerprint density at radius 1 is 1.18 bits per heavy atom. The maximum atomic E-state index is 13.4. The summed E-state index contributed by atoms with van der Waals surface area (Å²) in [4.78, 5) is 37.4. The summed E-state index contributed by atoms with van der Waals surface area (Å²) in [5.41, 5.74) is 1.54. The fourth-order valence-corrected chi connectivity index (χ4v) is 3.63. The molecule has 2 N–H and O–H groups in total. The number of aryl methyl sites for hydroxylation is 1. The summed E-state index contributed by atoms with van der Waals surface area (Å²) in [6.45, 7) is 1.88. The molecule has 1 amide bonds. The Balaban J connectivity index is 2.32. The van der Waals surface area contributed by atoms with Gasteiger partial charge in [0.1, 0.15) is 5.41 Å². The summed E-state index contributed by atoms with van der Waals surface area (Å²) in [6, 6.07) is 3.38. The number of hydrogen-bond acceptors (Lipinski definition) is 7. The van der Waals surface area contributed by atoms with Crippen LogP contribution in [0.15, 0.2) is 12.1 Å². The average molecular weight is 393 g/mol. The molecule has 0 saturated carbocycles. The Labute approximate surface area is 164 Å². The van der Waals surface area contributed by atoms with Gasteiger partial charge in [-0.05, 0) is 50.3 Å². The number of Topliss-reactive ketones (excluding diaryl/α,β-unsaturated/α-hetero) is 1. The number of amides is 1. The first-order chi connectivity index (χ1) is 13.4. The second-order valence-electron chi connectivity index (χ2n) is 6.74. The highest BCUT2D eigenvalue weighted by Crippen LogP contribution is 2.44. The van der Waals surface area contributed by atoms with Crippen LogP contribution in [0.3, 0.4) is 0 Å². The van der Waals surface area contributed by atoms with Gasteiger partial charge in [-0.15, -0.1) is 0 Å². The van der Waals surface area contributed by atoms with E-state index in [0.29, 0.717) is 42.7 Å². The summed E-state index contributed by atoms with van der Waals surface area (Å²) in [5.74, 6) is -0.365. The molecular weight excluding hydrogens is 366 g/mol. The number of fused-ring (bicyclic) bond motifs is 1. The number of nitrogens with one attached hydrogen (secondary N) is 1. The maximum Gasteiger partial charge on any atom is 0.320 e. The largest absolute Gasteiger partial charge is 0.493 e. The third-order valence-corrected chi connectivity index (χ3v) is 5.16. The van der Waals surface area contributed by atoms with E-state index in [1.165, 1.54) is 14.2 Å². The highest BCUT2D eigenvalue weighted by molar-refractivity contribution is 6.14. The molecule has 8 heteroatoms. The number of esters is 1. The minimum atomic E-state index is -1.28. The summed E-state index contributed by atoms with van der Waals surface area (Å²) in [6.07, 6.45) is 2.17. The van der Waals surface area contributed by atoms with Crippen molar-refractivity contribution < 1.29 is 33.8 Å². The zero-order chi connectivity index (χ0) is 20.7. The molecule has 1 aromatic carbocycles. The maximum absolute atomic E-state index is 13.4. The first-order valence-electron chi connectivity index (χ1n) is 9.33. The fraction of sp³-hybridized carbons (Fsp3) is 0.550. The number of ether oxygens (including phenoxy) is 3. The number of ketones is 1. The zero-order valence-electron chi connectivity index (χ0n) is 16.5. The molecule has 0 bridgehead atoms. The third-order valence-electron chi connectivity index (χ3n) is 5.16. The van der Waals surface area contributed by atoms with Crippen LogP contribution in [0.1, 0.15) is 54.9 Å². The van der Waals surface area contributed by atoms with Crippen LogP contribution in [0.5, 0.6) is 11.5 Å². The lowest BCUT2D eigenvalue weighted by molar-refractivity contribution is -0.153. The second-order valence-corrected chi connectivity index (χ2v) is 6.74. The molecule has 0 heterocycles. The van der Waals surface area contributed by atoms with Crippen molar-refractivity contribution in [2.75, 3.05) is 20.8 Å². The Bertz CT molecular complexity index is 746. The number of unbranched alkanes of at least 4 members (excludes halogenated alkanes) is 1. The molecule has 1 aromatic rings. The predicted octanol–water partition coefficient (Wildman–Crippen LogP) is 2.45. The van der Waals surface area contributed by atoms with Crippen LogP contribution >= 0.6 is 0 Å². The van der Waals surface area contributed by atoms with E-state index < -0.39 is 17.3 Å². The molecule has 8 nitrogen and oxygen atoms in total. The van der Waals surface area contributed by atoms with E-state index >= 15 is 0 Å². The van der Waals surface area contributed by atoms with Crippen molar-refractivity contribution in [1.82, 2.24) is 5.48 Å². The van der Waals surface area contributed by atoms with E-state index in [-0.39, 0.29) is 25.2 Å². The molecule has 1 aliphatic carbocycles. The van der Waals surface area contributed by atoms with Gasteiger partial charge in [0.15, 0.2) is 17.3 Å². The molecule has 0 aliphatic heterocycles. The van der Waals surface area contributed by atoms with Crippen LogP contribution in [-0.2, 0) is 20.7 Å². The minimum absolute atomic E-state index is 0.116. The van der Waals surface area contributed by atoms with Crippen LogP contribution in [0, 0.1) is 5.41 Å². The Morgan fingerprint density at radius 2 is 1.86 bits per heavy atom. The number of carbonyl (C=O) groups is 3. The number of carbonyl (C=O) groups excluding carboxylic acids is 3. The minimum Gasteiger partial charge on any atom is -0.493 e. The van der Waals surface area contributed by atoms with Gasteiger partial charge in [-0.25, -0.2) is 5.48 Å². The molecule has 1 atom stereocenters. The molecule has 28 heavy (non-hydrogen) atoms. The van der Waals surface area contributed by atoms with Crippen LogP contribution in [0.25, 0.3) is 0 Å². The van der Waals surface area contributed by atoms with Crippen molar-refractivity contribution in [2.45, 2.75) is 45.4 Å². The van der Waals surface area contributed by atoms with Crippen molar-refractivity contribution >= 4 is 17.7 Å². The molecule has 0 spiro atoms. The lowest BCUT2D eigenvalue weighted by atomic mass is 9.67. The second kappa shape index (κ2) is 9.54. The number of rotatable bonds is 9. The highest BCUT2D eigenvalue weighted by Gasteiger charge is 2.49. The van der Waals surface area contributed by atoms with Gasteiger partial charge in [0, 0.05) is 12.0 Å². The van der Waals surface area contributed by atoms with Gasteiger partial charge >= 0.3 is 5.97 Å². The van der Waals surface area contributed by atoms with E-state index in [4.69, 9.17) is 19.4 Å². The summed E-state index contributed by atoms with van der Waals surface area (Å²) < 4.78 is 15.8. The van der Waals surface area contributed by atoms with Crippen LogP contribution in [0.4, 0.5) is 0 Å². The van der Waals surface area contributed by atoms with E-state index in [1.807, 2.05) is 0 Å². The number of benzene rings is 1. The summed E-state index contributed by atoms with van der Waals surface area (Å²) in [5, 5.41) is 8.59. The molecular formula is C20H27NO7. The van der Waals surface area contributed by atoms with E-state index in [2.05, 4.69) is 0 Å². The third kappa shape index (κ3) is 4.27. The molecule has 1 aliphatic rings. The van der Waals surface area contributed by atoms with Crippen molar-refractivity contribution in [3.05, 3.63) is 23.3 Å². The van der Waals surface area contributed by atoms with Crippen molar-refractivity contribution in [1.29, 1.82) is 0 Å². The normalized spacial score (nSPS) is 18.2.